The van der Waals surface area contributed by atoms with Crippen molar-refractivity contribution in [3.63, 3.8) is 0 Å². The summed E-state index contributed by atoms with van der Waals surface area (Å²) in [7, 11) is 1.56. The van der Waals surface area contributed by atoms with Gasteiger partial charge < -0.3 is 16.0 Å². The number of hydrogen-bond donors (Lipinski definition) is 3. The number of fused-ring (bicyclic) bond motifs is 1. The molecule has 0 fully saturated rings. The van der Waals surface area contributed by atoms with Crippen LogP contribution < -0.4 is 16.0 Å². The van der Waals surface area contributed by atoms with E-state index in [0.717, 1.165) is 0 Å². The van der Waals surface area contributed by atoms with E-state index < -0.39 is 6.04 Å². The Morgan fingerprint density at radius 3 is 2.68 bits per heavy atom. The zero-order valence-electron chi connectivity index (χ0n) is 11.2. The fraction of sp³-hybridized carbons (Fsp3) is 0.429. The summed E-state index contributed by atoms with van der Waals surface area (Å²) in [4.78, 5) is 23.5. The van der Waals surface area contributed by atoms with Crippen LogP contribution in [-0.4, -0.2) is 30.9 Å². The lowest BCUT2D eigenvalue weighted by Gasteiger charge is -2.26. The molecule has 0 saturated carbocycles. The number of carbonyl (C=O) groups excluding carboxylic acids is 2. The van der Waals surface area contributed by atoms with Crippen molar-refractivity contribution in [1.82, 2.24) is 16.0 Å². The minimum Gasteiger partial charge on any atom is -0.357 e. The van der Waals surface area contributed by atoms with Crippen LogP contribution in [0.15, 0.2) is 24.3 Å². The summed E-state index contributed by atoms with van der Waals surface area (Å²) in [6, 6.07) is 7.28. The molecule has 1 aromatic rings. The second kappa shape index (κ2) is 5.84. The van der Waals surface area contributed by atoms with Crippen molar-refractivity contribution in [2.75, 3.05) is 7.05 Å². The molecule has 2 amide bonds. The summed E-state index contributed by atoms with van der Waals surface area (Å²) < 4.78 is 0. The number of amides is 2. The van der Waals surface area contributed by atoms with Gasteiger partial charge in [-0.2, -0.15) is 0 Å². The molecule has 5 heteroatoms. The molecule has 2 rings (SSSR count). The van der Waals surface area contributed by atoms with Gasteiger partial charge in [0.2, 0.25) is 11.8 Å². The first-order chi connectivity index (χ1) is 9.11. The lowest BCUT2D eigenvalue weighted by atomic mass is 9.95. The molecule has 0 aliphatic carbocycles. The summed E-state index contributed by atoms with van der Waals surface area (Å²) in [6.07, 6.45) is 0.655. The van der Waals surface area contributed by atoms with Gasteiger partial charge in [-0.25, -0.2) is 0 Å². The molecule has 3 N–H and O–H groups in total. The normalized spacial score (nSPS) is 19.2. The molecule has 0 bridgehead atoms. The SMILES string of the molecule is CNC(=O)C(C)NC(=O)C1Cc2ccccc2CN1. The van der Waals surface area contributed by atoms with Gasteiger partial charge >= 0.3 is 0 Å². The first kappa shape index (κ1) is 13.5. The predicted octanol–water partition coefficient (Wildman–Crippen LogP) is -0.0484. The molecular weight excluding hydrogens is 242 g/mol. The lowest BCUT2D eigenvalue weighted by molar-refractivity contribution is -0.129. The summed E-state index contributed by atoms with van der Waals surface area (Å²) in [5.41, 5.74) is 2.42. The molecule has 1 heterocycles. The molecular formula is C14H19N3O2. The van der Waals surface area contributed by atoms with E-state index in [1.165, 1.54) is 11.1 Å². The van der Waals surface area contributed by atoms with Crippen LogP contribution >= 0.6 is 0 Å². The molecule has 0 spiro atoms. The predicted molar refractivity (Wildman–Crippen MR) is 72.4 cm³/mol. The Labute approximate surface area is 112 Å². The largest absolute Gasteiger partial charge is 0.357 e. The smallest absolute Gasteiger partial charge is 0.242 e. The maximum atomic E-state index is 12.1. The first-order valence-electron chi connectivity index (χ1n) is 6.44. The summed E-state index contributed by atoms with van der Waals surface area (Å²) in [5.74, 6) is -0.324. The Morgan fingerprint density at radius 1 is 1.32 bits per heavy atom. The van der Waals surface area contributed by atoms with Gasteiger partial charge in [-0.15, -0.1) is 0 Å². The highest BCUT2D eigenvalue weighted by Gasteiger charge is 2.25. The van der Waals surface area contributed by atoms with Crippen LogP contribution in [0, 0.1) is 0 Å². The molecule has 0 aromatic heterocycles. The fourth-order valence-corrected chi connectivity index (χ4v) is 2.24. The molecule has 2 atom stereocenters. The van der Waals surface area contributed by atoms with E-state index in [4.69, 9.17) is 0 Å². The number of likely N-dealkylation sites (N-methyl/N-ethyl adjacent to an activating group) is 1. The second-order valence-corrected chi connectivity index (χ2v) is 4.75. The van der Waals surface area contributed by atoms with E-state index in [1.54, 1.807) is 14.0 Å². The van der Waals surface area contributed by atoms with Crippen LogP contribution in [-0.2, 0) is 22.6 Å². The zero-order valence-corrected chi connectivity index (χ0v) is 11.2. The number of nitrogens with one attached hydrogen (secondary N) is 3. The third kappa shape index (κ3) is 3.12. The first-order valence-corrected chi connectivity index (χ1v) is 6.44. The topological polar surface area (TPSA) is 70.2 Å². The zero-order chi connectivity index (χ0) is 13.8. The highest BCUT2D eigenvalue weighted by atomic mass is 16.2. The van der Waals surface area contributed by atoms with Crippen molar-refractivity contribution >= 4 is 11.8 Å². The molecule has 102 valence electrons. The van der Waals surface area contributed by atoms with Crippen molar-refractivity contribution in [1.29, 1.82) is 0 Å². The molecule has 19 heavy (non-hydrogen) atoms. The van der Waals surface area contributed by atoms with E-state index in [2.05, 4.69) is 22.0 Å². The molecule has 1 aliphatic rings. The van der Waals surface area contributed by atoms with Crippen LogP contribution in [0.2, 0.25) is 0 Å². The van der Waals surface area contributed by atoms with E-state index in [1.807, 2.05) is 18.2 Å². The van der Waals surface area contributed by atoms with Crippen molar-refractivity contribution in [2.45, 2.75) is 32.0 Å². The van der Waals surface area contributed by atoms with Gasteiger partial charge in [-0.1, -0.05) is 24.3 Å². The summed E-state index contributed by atoms with van der Waals surface area (Å²) in [6.45, 7) is 2.36. The van der Waals surface area contributed by atoms with Gasteiger partial charge in [-0.3, -0.25) is 9.59 Å². The third-order valence-electron chi connectivity index (χ3n) is 3.40. The molecule has 2 unspecified atom stereocenters. The van der Waals surface area contributed by atoms with Crippen molar-refractivity contribution in [2.24, 2.45) is 0 Å². The van der Waals surface area contributed by atoms with Crippen molar-refractivity contribution < 1.29 is 9.59 Å². The number of hydrogen-bond acceptors (Lipinski definition) is 3. The molecule has 1 aliphatic heterocycles. The van der Waals surface area contributed by atoms with E-state index in [-0.39, 0.29) is 17.9 Å². The minimum atomic E-state index is -0.517. The van der Waals surface area contributed by atoms with Gasteiger partial charge in [0.15, 0.2) is 0 Å². The lowest BCUT2D eigenvalue weighted by Crippen LogP contribution is -2.52. The molecule has 0 radical (unpaired) electrons. The van der Waals surface area contributed by atoms with Crippen LogP contribution in [0.4, 0.5) is 0 Å². The molecule has 5 nitrogen and oxygen atoms in total. The number of rotatable bonds is 3. The Kier molecular flexibility index (Phi) is 4.16. The minimum absolute atomic E-state index is 0.134. The van der Waals surface area contributed by atoms with Gasteiger partial charge in [-0.05, 0) is 24.5 Å². The highest BCUT2D eigenvalue weighted by Crippen LogP contribution is 2.16. The third-order valence-corrected chi connectivity index (χ3v) is 3.40. The van der Waals surface area contributed by atoms with E-state index >= 15 is 0 Å². The van der Waals surface area contributed by atoms with Gasteiger partial charge in [0.25, 0.3) is 0 Å². The van der Waals surface area contributed by atoms with E-state index in [9.17, 15) is 9.59 Å². The molecule has 1 aromatic carbocycles. The van der Waals surface area contributed by atoms with Crippen LogP contribution in [0.25, 0.3) is 0 Å². The van der Waals surface area contributed by atoms with Gasteiger partial charge in [0.1, 0.15) is 6.04 Å². The number of carbonyl (C=O) groups is 2. The van der Waals surface area contributed by atoms with Gasteiger partial charge in [0.05, 0.1) is 6.04 Å². The average molecular weight is 261 g/mol. The Morgan fingerprint density at radius 2 is 2.00 bits per heavy atom. The van der Waals surface area contributed by atoms with Crippen LogP contribution in [0.1, 0.15) is 18.1 Å². The summed E-state index contributed by atoms with van der Waals surface area (Å²) >= 11 is 0. The summed E-state index contributed by atoms with van der Waals surface area (Å²) in [5, 5.41) is 8.43. The van der Waals surface area contributed by atoms with E-state index in [0.29, 0.717) is 13.0 Å². The highest BCUT2D eigenvalue weighted by molar-refractivity contribution is 5.89. The maximum absolute atomic E-state index is 12.1. The number of benzene rings is 1. The maximum Gasteiger partial charge on any atom is 0.242 e. The fourth-order valence-electron chi connectivity index (χ4n) is 2.24. The van der Waals surface area contributed by atoms with Gasteiger partial charge in [0, 0.05) is 13.6 Å². The Balaban J connectivity index is 1.97. The van der Waals surface area contributed by atoms with Crippen molar-refractivity contribution in [3.8, 4) is 0 Å². The average Bonchev–Trinajstić information content (AvgIpc) is 2.45. The Hall–Kier alpha value is -1.88. The van der Waals surface area contributed by atoms with Crippen LogP contribution in [0.3, 0.4) is 0 Å². The monoisotopic (exact) mass is 261 g/mol. The standard InChI is InChI=1S/C14H19N3O2/c1-9(13(18)15-2)17-14(19)12-7-10-5-3-4-6-11(10)8-16-12/h3-6,9,12,16H,7-8H2,1-2H3,(H,15,18)(H,17,19). The second-order valence-electron chi connectivity index (χ2n) is 4.75. The molecule has 0 saturated heterocycles. The quantitative estimate of drug-likeness (QED) is 0.714. The van der Waals surface area contributed by atoms with Crippen LogP contribution in [0.5, 0.6) is 0 Å². The van der Waals surface area contributed by atoms with Crippen molar-refractivity contribution in [3.05, 3.63) is 35.4 Å². The Bertz CT molecular complexity index is 487.